The van der Waals surface area contributed by atoms with Gasteiger partial charge in [-0.15, -0.1) is 0 Å². The molecule has 2 aliphatic rings. The molecule has 2 heterocycles. The standard InChI is InChI=1S/C21H26N2/c1-16-12-19-20(13-17(16)2)23(14-18-6-4-3-5-7-18)15-21(19)8-10-22-11-9-21/h3-7,12-13,22H,8-11,14-15H2,1-2H3. The average Bonchev–Trinajstić information content (AvgIpc) is 2.83. The average molecular weight is 306 g/mol. The fraction of sp³-hybridized carbons (Fsp3) is 0.429. The summed E-state index contributed by atoms with van der Waals surface area (Å²) >= 11 is 0. The van der Waals surface area contributed by atoms with Gasteiger partial charge in [0.1, 0.15) is 0 Å². The van der Waals surface area contributed by atoms with Gasteiger partial charge in [-0.3, -0.25) is 0 Å². The number of hydrogen-bond acceptors (Lipinski definition) is 2. The van der Waals surface area contributed by atoms with Gasteiger partial charge in [0.2, 0.25) is 0 Å². The van der Waals surface area contributed by atoms with E-state index >= 15 is 0 Å². The van der Waals surface area contributed by atoms with Gasteiger partial charge in [-0.05, 0) is 68.1 Å². The normalized spacial score (nSPS) is 19.1. The lowest BCUT2D eigenvalue weighted by Gasteiger charge is -2.35. The number of nitrogens with one attached hydrogen (secondary N) is 1. The monoisotopic (exact) mass is 306 g/mol. The van der Waals surface area contributed by atoms with Crippen LogP contribution in [0, 0.1) is 13.8 Å². The Bertz CT molecular complexity index is 699. The van der Waals surface area contributed by atoms with Crippen molar-refractivity contribution in [1.82, 2.24) is 5.32 Å². The minimum atomic E-state index is 0.355. The molecule has 1 saturated heterocycles. The van der Waals surface area contributed by atoms with Crippen molar-refractivity contribution < 1.29 is 0 Å². The number of anilines is 1. The van der Waals surface area contributed by atoms with Crippen LogP contribution in [0.1, 0.15) is 35.1 Å². The van der Waals surface area contributed by atoms with Crippen molar-refractivity contribution in [3.05, 3.63) is 64.7 Å². The third-order valence-corrected chi connectivity index (χ3v) is 5.79. The van der Waals surface area contributed by atoms with Gasteiger partial charge in [-0.1, -0.05) is 36.4 Å². The molecule has 0 saturated carbocycles. The highest BCUT2D eigenvalue weighted by molar-refractivity contribution is 5.65. The van der Waals surface area contributed by atoms with Gasteiger partial charge in [-0.2, -0.15) is 0 Å². The van der Waals surface area contributed by atoms with Crippen LogP contribution >= 0.6 is 0 Å². The SMILES string of the molecule is Cc1cc2c(cc1C)C1(CCNCC1)CN2Cc1ccccc1. The van der Waals surface area contributed by atoms with E-state index in [1.54, 1.807) is 5.56 Å². The van der Waals surface area contributed by atoms with Gasteiger partial charge in [0, 0.05) is 24.2 Å². The quantitative estimate of drug-likeness (QED) is 0.904. The molecule has 2 aromatic rings. The lowest BCUT2D eigenvalue weighted by atomic mass is 9.74. The highest BCUT2D eigenvalue weighted by atomic mass is 15.2. The fourth-order valence-electron chi connectivity index (χ4n) is 4.30. The van der Waals surface area contributed by atoms with Gasteiger partial charge in [-0.25, -0.2) is 0 Å². The molecule has 2 nitrogen and oxygen atoms in total. The molecular weight excluding hydrogens is 280 g/mol. The van der Waals surface area contributed by atoms with Crippen LogP contribution < -0.4 is 10.2 Å². The van der Waals surface area contributed by atoms with Crippen LogP contribution in [0.2, 0.25) is 0 Å². The maximum absolute atomic E-state index is 3.54. The first-order chi connectivity index (χ1) is 11.2. The maximum atomic E-state index is 3.54. The zero-order valence-electron chi connectivity index (χ0n) is 14.2. The van der Waals surface area contributed by atoms with Gasteiger partial charge < -0.3 is 10.2 Å². The fourth-order valence-corrected chi connectivity index (χ4v) is 4.30. The van der Waals surface area contributed by atoms with Gasteiger partial charge >= 0.3 is 0 Å². The van der Waals surface area contributed by atoms with Crippen LogP contribution in [0.3, 0.4) is 0 Å². The van der Waals surface area contributed by atoms with E-state index in [1.807, 2.05) is 0 Å². The Kier molecular flexibility index (Phi) is 3.65. The molecule has 1 spiro atoms. The zero-order valence-corrected chi connectivity index (χ0v) is 14.2. The molecule has 0 aromatic heterocycles. The maximum Gasteiger partial charge on any atom is 0.0429 e. The van der Waals surface area contributed by atoms with Crippen LogP contribution in [0.5, 0.6) is 0 Å². The molecule has 0 radical (unpaired) electrons. The number of benzene rings is 2. The first kappa shape index (κ1) is 14.8. The summed E-state index contributed by atoms with van der Waals surface area (Å²) in [5, 5.41) is 3.54. The van der Waals surface area contributed by atoms with Crippen molar-refractivity contribution in [3.8, 4) is 0 Å². The van der Waals surface area contributed by atoms with E-state index in [0.717, 1.165) is 19.6 Å². The minimum Gasteiger partial charge on any atom is -0.366 e. The number of aryl methyl sites for hydroxylation is 2. The second-order valence-electron chi connectivity index (χ2n) is 7.33. The Morgan fingerprint density at radius 1 is 1.00 bits per heavy atom. The van der Waals surface area contributed by atoms with Crippen molar-refractivity contribution in [1.29, 1.82) is 0 Å². The Labute approximate surface area is 139 Å². The molecule has 1 N–H and O–H groups in total. The molecule has 0 aliphatic carbocycles. The largest absolute Gasteiger partial charge is 0.366 e. The molecule has 0 bridgehead atoms. The van der Waals surface area contributed by atoms with E-state index in [1.165, 1.54) is 41.8 Å². The second-order valence-corrected chi connectivity index (χ2v) is 7.33. The van der Waals surface area contributed by atoms with E-state index in [-0.39, 0.29) is 0 Å². The predicted octanol–water partition coefficient (Wildman–Crippen LogP) is 3.94. The van der Waals surface area contributed by atoms with Crippen molar-refractivity contribution in [2.75, 3.05) is 24.5 Å². The van der Waals surface area contributed by atoms with Crippen LogP contribution in [0.15, 0.2) is 42.5 Å². The number of fused-ring (bicyclic) bond motifs is 2. The van der Waals surface area contributed by atoms with E-state index in [2.05, 4.69) is 66.5 Å². The van der Waals surface area contributed by atoms with Gasteiger partial charge in [0.25, 0.3) is 0 Å². The molecule has 2 heteroatoms. The third-order valence-electron chi connectivity index (χ3n) is 5.79. The molecule has 0 atom stereocenters. The van der Waals surface area contributed by atoms with Crippen LogP contribution in [-0.2, 0) is 12.0 Å². The number of nitrogens with zero attached hydrogens (tertiary/aromatic N) is 1. The highest BCUT2D eigenvalue weighted by Crippen LogP contribution is 2.47. The zero-order chi connectivity index (χ0) is 15.9. The molecule has 23 heavy (non-hydrogen) atoms. The summed E-state index contributed by atoms with van der Waals surface area (Å²) in [6.45, 7) is 8.97. The first-order valence-electron chi connectivity index (χ1n) is 8.79. The number of hydrogen-bond donors (Lipinski definition) is 1. The molecule has 1 fully saturated rings. The van der Waals surface area contributed by atoms with E-state index < -0.39 is 0 Å². The summed E-state index contributed by atoms with van der Waals surface area (Å²) in [5.74, 6) is 0. The molecule has 0 amide bonds. The minimum absolute atomic E-state index is 0.355. The topological polar surface area (TPSA) is 15.3 Å². The lowest BCUT2D eigenvalue weighted by Crippen LogP contribution is -2.43. The summed E-state index contributed by atoms with van der Waals surface area (Å²) < 4.78 is 0. The van der Waals surface area contributed by atoms with Crippen LogP contribution in [-0.4, -0.2) is 19.6 Å². The molecule has 120 valence electrons. The van der Waals surface area contributed by atoms with Gasteiger partial charge in [0.15, 0.2) is 0 Å². The summed E-state index contributed by atoms with van der Waals surface area (Å²) in [6.07, 6.45) is 2.52. The van der Waals surface area contributed by atoms with E-state index in [4.69, 9.17) is 0 Å². The molecular formula is C21H26N2. The smallest absolute Gasteiger partial charge is 0.0429 e. The summed E-state index contributed by atoms with van der Waals surface area (Å²) in [6, 6.07) is 15.8. The summed E-state index contributed by atoms with van der Waals surface area (Å²) in [7, 11) is 0. The number of rotatable bonds is 2. The van der Waals surface area contributed by atoms with Crippen molar-refractivity contribution >= 4 is 5.69 Å². The lowest BCUT2D eigenvalue weighted by molar-refractivity contribution is 0.325. The van der Waals surface area contributed by atoms with E-state index in [0.29, 0.717) is 5.41 Å². The third kappa shape index (κ3) is 2.55. The predicted molar refractivity (Wildman–Crippen MR) is 97.2 cm³/mol. The first-order valence-corrected chi connectivity index (χ1v) is 8.79. The Morgan fingerprint density at radius 3 is 2.43 bits per heavy atom. The van der Waals surface area contributed by atoms with Crippen molar-refractivity contribution in [3.63, 3.8) is 0 Å². The highest BCUT2D eigenvalue weighted by Gasteiger charge is 2.43. The molecule has 0 unspecified atom stereocenters. The second kappa shape index (κ2) is 5.68. The summed E-state index contributed by atoms with van der Waals surface area (Å²) in [5.41, 5.74) is 7.67. The van der Waals surface area contributed by atoms with Gasteiger partial charge in [0.05, 0.1) is 0 Å². The van der Waals surface area contributed by atoms with Crippen molar-refractivity contribution in [2.45, 2.75) is 38.6 Å². The van der Waals surface area contributed by atoms with Crippen LogP contribution in [0.4, 0.5) is 5.69 Å². The number of piperidine rings is 1. The molecule has 2 aliphatic heterocycles. The Balaban J connectivity index is 1.74. The summed E-state index contributed by atoms with van der Waals surface area (Å²) in [4.78, 5) is 2.61. The molecule has 4 rings (SSSR count). The Hall–Kier alpha value is -1.80. The Morgan fingerprint density at radius 2 is 1.70 bits per heavy atom. The van der Waals surface area contributed by atoms with Crippen LogP contribution in [0.25, 0.3) is 0 Å². The van der Waals surface area contributed by atoms with Crippen molar-refractivity contribution in [2.24, 2.45) is 0 Å². The molecule has 2 aromatic carbocycles. The van der Waals surface area contributed by atoms with E-state index in [9.17, 15) is 0 Å².